The Hall–Kier alpha value is -2.20. The highest BCUT2D eigenvalue weighted by Crippen LogP contribution is 2.35. The first-order valence-corrected chi connectivity index (χ1v) is 10.4. The molecule has 0 spiro atoms. The Balaban J connectivity index is 1.81. The molecule has 0 aromatic heterocycles. The monoisotopic (exact) mass is 510 g/mol. The van der Waals surface area contributed by atoms with Gasteiger partial charge < -0.3 is 19.5 Å². The van der Waals surface area contributed by atoms with Crippen LogP contribution in [0.4, 0.5) is 5.69 Å². The third kappa shape index (κ3) is 4.79. The van der Waals surface area contributed by atoms with E-state index < -0.39 is 0 Å². The minimum absolute atomic E-state index is 0.181. The first-order valence-electron chi connectivity index (χ1n) is 8.48. The first kappa shape index (κ1) is 20.5. The number of carbonyl (C=O) groups excluding carboxylic acids is 1. The van der Waals surface area contributed by atoms with Crippen LogP contribution in [0.2, 0.25) is 0 Å². The summed E-state index contributed by atoms with van der Waals surface area (Å²) in [6, 6.07) is 11.2. The van der Waals surface area contributed by atoms with Gasteiger partial charge in [-0.3, -0.25) is 4.79 Å². The molecule has 146 valence electrons. The SMILES string of the molecule is CCOc1ccc(N=C2NC(=O)/C(=C\c3cc(I)c(OC)c(OC)c3)S2)cc1. The third-order valence-corrected chi connectivity index (χ3v) is 5.49. The number of halogens is 1. The lowest BCUT2D eigenvalue weighted by molar-refractivity contribution is -0.115. The van der Waals surface area contributed by atoms with E-state index in [1.165, 1.54) is 11.8 Å². The van der Waals surface area contributed by atoms with Crippen LogP contribution in [0.25, 0.3) is 6.08 Å². The normalized spacial score (nSPS) is 16.4. The molecule has 2 aromatic carbocycles. The number of nitrogens with zero attached hydrogens (tertiary/aromatic N) is 1. The Morgan fingerprint density at radius 2 is 1.93 bits per heavy atom. The molecule has 1 saturated heterocycles. The quantitative estimate of drug-likeness (QED) is 0.455. The largest absolute Gasteiger partial charge is 0.494 e. The second kappa shape index (κ2) is 9.33. The number of ether oxygens (including phenoxy) is 3. The van der Waals surface area contributed by atoms with Gasteiger partial charge in [-0.15, -0.1) is 0 Å². The van der Waals surface area contributed by atoms with Gasteiger partial charge in [-0.25, -0.2) is 4.99 Å². The van der Waals surface area contributed by atoms with Crippen LogP contribution in [-0.2, 0) is 4.79 Å². The number of hydrogen-bond acceptors (Lipinski definition) is 6. The van der Waals surface area contributed by atoms with E-state index in [0.29, 0.717) is 28.2 Å². The fraction of sp³-hybridized carbons (Fsp3) is 0.200. The minimum atomic E-state index is -0.181. The van der Waals surface area contributed by atoms with E-state index in [9.17, 15) is 4.79 Å². The van der Waals surface area contributed by atoms with Gasteiger partial charge in [0.1, 0.15) is 5.75 Å². The van der Waals surface area contributed by atoms with Gasteiger partial charge in [0.25, 0.3) is 5.91 Å². The fourth-order valence-corrected chi connectivity index (χ4v) is 4.24. The number of hydrogen-bond donors (Lipinski definition) is 1. The molecule has 6 nitrogen and oxygen atoms in total. The summed E-state index contributed by atoms with van der Waals surface area (Å²) in [5.74, 6) is 1.90. The molecule has 1 amide bonds. The highest BCUT2D eigenvalue weighted by Gasteiger charge is 2.24. The van der Waals surface area contributed by atoms with Crippen LogP contribution in [-0.4, -0.2) is 31.9 Å². The first-order chi connectivity index (χ1) is 13.5. The fourth-order valence-electron chi connectivity index (χ4n) is 2.55. The highest BCUT2D eigenvalue weighted by molar-refractivity contribution is 14.1. The van der Waals surface area contributed by atoms with E-state index in [4.69, 9.17) is 14.2 Å². The molecule has 8 heteroatoms. The number of aliphatic imine (C=N–C) groups is 1. The van der Waals surface area contributed by atoms with Crippen molar-refractivity contribution in [3.05, 3.63) is 50.4 Å². The van der Waals surface area contributed by atoms with Gasteiger partial charge in [0.05, 0.1) is 35.0 Å². The maximum Gasteiger partial charge on any atom is 0.264 e. The number of thioether (sulfide) groups is 1. The van der Waals surface area contributed by atoms with Gasteiger partial charge in [0, 0.05) is 0 Å². The number of benzene rings is 2. The average molecular weight is 510 g/mol. The van der Waals surface area contributed by atoms with Crippen molar-refractivity contribution in [2.24, 2.45) is 4.99 Å². The number of methoxy groups -OCH3 is 2. The lowest BCUT2D eigenvalue weighted by Gasteiger charge is -2.10. The Morgan fingerprint density at radius 3 is 2.57 bits per heavy atom. The predicted molar refractivity (Wildman–Crippen MR) is 121 cm³/mol. The standard InChI is InChI=1S/C20H19IN2O4S/c1-4-27-14-7-5-13(6-8-14)22-20-23-19(24)17(28-20)11-12-9-15(21)18(26-3)16(10-12)25-2/h5-11H,4H2,1-3H3,(H,22,23,24)/b17-11+. The van der Waals surface area contributed by atoms with E-state index in [1.807, 2.05) is 49.4 Å². The molecule has 0 atom stereocenters. The number of carbonyl (C=O) groups is 1. The summed E-state index contributed by atoms with van der Waals surface area (Å²) in [6.07, 6.45) is 1.81. The molecule has 2 aromatic rings. The smallest absolute Gasteiger partial charge is 0.264 e. The van der Waals surface area contributed by atoms with Crippen molar-refractivity contribution in [1.29, 1.82) is 0 Å². The maximum absolute atomic E-state index is 12.3. The summed E-state index contributed by atoms with van der Waals surface area (Å²) in [5, 5.41) is 3.33. The van der Waals surface area contributed by atoms with Crippen molar-refractivity contribution in [2.75, 3.05) is 20.8 Å². The van der Waals surface area contributed by atoms with Gasteiger partial charge in [0.2, 0.25) is 0 Å². The van der Waals surface area contributed by atoms with Crippen LogP contribution in [0.15, 0.2) is 46.3 Å². The van der Waals surface area contributed by atoms with Crippen molar-refractivity contribution in [3.63, 3.8) is 0 Å². The van der Waals surface area contributed by atoms with Crippen LogP contribution in [0.5, 0.6) is 17.2 Å². The molecule has 1 heterocycles. The molecule has 0 saturated carbocycles. The van der Waals surface area contributed by atoms with E-state index in [-0.39, 0.29) is 5.91 Å². The molecule has 28 heavy (non-hydrogen) atoms. The predicted octanol–water partition coefficient (Wildman–Crippen LogP) is 4.60. The molecule has 0 aliphatic carbocycles. The topological polar surface area (TPSA) is 69.2 Å². The minimum Gasteiger partial charge on any atom is -0.494 e. The zero-order chi connectivity index (χ0) is 20.1. The second-order valence-electron chi connectivity index (χ2n) is 5.65. The van der Waals surface area contributed by atoms with Crippen molar-refractivity contribution in [2.45, 2.75) is 6.92 Å². The van der Waals surface area contributed by atoms with Gasteiger partial charge in [-0.1, -0.05) is 0 Å². The van der Waals surface area contributed by atoms with Crippen LogP contribution in [0.3, 0.4) is 0 Å². The Labute approximate surface area is 181 Å². The van der Waals surface area contributed by atoms with Crippen LogP contribution >= 0.6 is 34.4 Å². The van der Waals surface area contributed by atoms with E-state index in [2.05, 4.69) is 32.9 Å². The summed E-state index contributed by atoms with van der Waals surface area (Å²) in [4.78, 5) is 17.4. The molecule has 1 aliphatic heterocycles. The van der Waals surface area contributed by atoms with Gasteiger partial charge in [0.15, 0.2) is 16.7 Å². The summed E-state index contributed by atoms with van der Waals surface area (Å²) >= 11 is 3.48. The molecular formula is C20H19IN2O4S. The van der Waals surface area contributed by atoms with Gasteiger partial charge in [-0.2, -0.15) is 0 Å². The number of rotatable bonds is 6. The molecule has 0 radical (unpaired) electrons. The number of nitrogens with one attached hydrogen (secondary N) is 1. The molecule has 0 unspecified atom stereocenters. The summed E-state index contributed by atoms with van der Waals surface area (Å²) < 4.78 is 17.1. The maximum atomic E-state index is 12.3. The number of amidine groups is 1. The van der Waals surface area contributed by atoms with Gasteiger partial charge in [-0.05, 0) is 89.3 Å². The van der Waals surface area contributed by atoms with Crippen LogP contribution < -0.4 is 19.5 Å². The average Bonchev–Trinajstić information content (AvgIpc) is 3.02. The van der Waals surface area contributed by atoms with Crippen molar-refractivity contribution in [1.82, 2.24) is 5.32 Å². The number of amides is 1. The molecule has 1 N–H and O–H groups in total. The van der Waals surface area contributed by atoms with Crippen molar-refractivity contribution < 1.29 is 19.0 Å². The van der Waals surface area contributed by atoms with E-state index in [0.717, 1.165) is 20.6 Å². The third-order valence-electron chi connectivity index (χ3n) is 3.78. The lowest BCUT2D eigenvalue weighted by atomic mass is 10.2. The summed E-state index contributed by atoms with van der Waals surface area (Å²) in [5.41, 5.74) is 1.59. The Morgan fingerprint density at radius 1 is 1.18 bits per heavy atom. The van der Waals surface area contributed by atoms with E-state index >= 15 is 0 Å². The molecule has 0 bridgehead atoms. The van der Waals surface area contributed by atoms with Crippen LogP contribution in [0, 0.1) is 3.57 Å². The second-order valence-corrected chi connectivity index (χ2v) is 7.84. The lowest BCUT2D eigenvalue weighted by Crippen LogP contribution is -2.19. The molecule has 3 rings (SSSR count). The molecule has 1 aliphatic rings. The molecular weight excluding hydrogens is 491 g/mol. The van der Waals surface area contributed by atoms with Crippen molar-refractivity contribution in [3.8, 4) is 17.2 Å². The Kier molecular flexibility index (Phi) is 6.84. The van der Waals surface area contributed by atoms with E-state index in [1.54, 1.807) is 14.2 Å². The van der Waals surface area contributed by atoms with Gasteiger partial charge >= 0.3 is 0 Å². The zero-order valence-corrected chi connectivity index (χ0v) is 18.6. The van der Waals surface area contributed by atoms with Crippen LogP contribution in [0.1, 0.15) is 12.5 Å². The summed E-state index contributed by atoms with van der Waals surface area (Å²) in [7, 11) is 3.19. The summed E-state index contributed by atoms with van der Waals surface area (Å²) in [6.45, 7) is 2.55. The highest BCUT2D eigenvalue weighted by atomic mass is 127. The Bertz CT molecular complexity index is 942. The van der Waals surface area contributed by atoms with Crippen molar-refractivity contribution >= 4 is 57.2 Å². The molecule has 1 fully saturated rings. The zero-order valence-electron chi connectivity index (χ0n) is 15.6.